The lowest BCUT2D eigenvalue weighted by molar-refractivity contribution is -0.149. The Hall–Kier alpha value is -3.42. The topological polar surface area (TPSA) is 90.9 Å². The van der Waals surface area contributed by atoms with Gasteiger partial charge in [0.2, 0.25) is 0 Å². The Morgan fingerprint density at radius 3 is 2.32 bits per heavy atom. The average Bonchev–Trinajstić information content (AvgIpc) is 2.65. The Morgan fingerprint density at radius 1 is 1.00 bits per heavy atom. The minimum atomic E-state index is -0.815. The van der Waals surface area contributed by atoms with Crippen LogP contribution in [-0.4, -0.2) is 37.2 Å². The van der Waals surface area contributed by atoms with Crippen LogP contribution in [0.1, 0.15) is 24.2 Å². The molecule has 0 fully saturated rings. The Bertz CT molecular complexity index is 835. The van der Waals surface area contributed by atoms with Crippen LogP contribution in [-0.2, 0) is 19.1 Å². The zero-order chi connectivity index (χ0) is 20.5. The molecule has 0 radical (unpaired) electrons. The van der Waals surface area contributed by atoms with Crippen molar-refractivity contribution >= 4 is 23.5 Å². The zero-order valence-electron chi connectivity index (χ0n) is 15.4. The lowest BCUT2D eigenvalue weighted by Crippen LogP contribution is -2.23. The van der Waals surface area contributed by atoms with Crippen molar-refractivity contribution in [3.05, 3.63) is 59.9 Å². The van der Waals surface area contributed by atoms with Crippen molar-refractivity contribution in [3.63, 3.8) is 0 Å². The molecular weight excluding hydrogens is 369 g/mol. The summed E-state index contributed by atoms with van der Waals surface area (Å²) in [4.78, 5) is 35.2. The van der Waals surface area contributed by atoms with E-state index in [2.05, 4.69) is 5.32 Å². The third-order valence-corrected chi connectivity index (χ3v) is 3.29. The summed E-state index contributed by atoms with van der Waals surface area (Å²) in [7, 11) is 0. The highest BCUT2D eigenvalue weighted by Gasteiger charge is 2.12. The number of hydrogen-bond acceptors (Lipinski definition) is 6. The second-order valence-electron chi connectivity index (χ2n) is 5.96. The summed E-state index contributed by atoms with van der Waals surface area (Å²) in [5.74, 6) is -2.53. The highest BCUT2D eigenvalue weighted by molar-refractivity contribution is 5.94. The third-order valence-electron chi connectivity index (χ3n) is 3.29. The monoisotopic (exact) mass is 389 g/mol. The molecule has 0 aliphatic rings. The van der Waals surface area contributed by atoms with Gasteiger partial charge in [-0.1, -0.05) is 12.1 Å². The number of carbonyl (C=O) groups excluding carboxylic acids is 3. The van der Waals surface area contributed by atoms with E-state index < -0.39 is 36.9 Å². The highest BCUT2D eigenvalue weighted by atomic mass is 19.1. The minimum Gasteiger partial charge on any atom is -0.479 e. The molecule has 148 valence electrons. The molecule has 2 rings (SSSR count). The molecule has 0 saturated heterocycles. The fourth-order valence-electron chi connectivity index (χ4n) is 2.06. The first-order chi connectivity index (χ1) is 13.3. The van der Waals surface area contributed by atoms with Gasteiger partial charge < -0.3 is 19.5 Å². The van der Waals surface area contributed by atoms with E-state index in [4.69, 9.17) is 14.2 Å². The molecule has 0 bridgehead atoms. The predicted octanol–water partition coefficient (Wildman–Crippen LogP) is 2.95. The number of hydrogen-bond donors (Lipinski definition) is 1. The van der Waals surface area contributed by atoms with E-state index in [1.54, 1.807) is 19.9 Å². The first-order valence-electron chi connectivity index (χ1n) is 8.49. The van der Waals surface area contributed by atoms with E-state index in [9.17, 15) is 18.8 Å². The van der Waals surface area contributed by atoms with Crippen LogP contribution in [0.4, 0.5) is 10.1 Å². The van der Waals surface area contributed by atoms with Gasteiger partial charge in [-0.15, -0.1) is 0 Å². The number of esters is 2. The number of halogens is 1. The van der Waals surface area contributed by atoms with Gasteiger partial charge in [-0.3, -0.25) is 4.79 Å². The number of carbonyl (C=O) groups is 3. The second-order valence-corrected chi connectivity index (χ2v) is 5.96. The maximum absolute atomic E-state index is 13.4. The molecule has 0 aliphatic carbocycles. The van der Waals surface area contributed by atoms with E-state index in [0.717, 1.165) is 0 Å². The standard InChI is InChI=1S/C20H20FNO6/c1-13(2)28-20(25)14-7-9-15(10-8-14)22-18(23)11-27-19(24)12-26-17-6-4-3-5-16(17)21/h3-10,13H,11-12H2,1-2H3,(H,22,23). The molecule has 0 heterocycles. The minimum absolute atomic E-state index is 0.0833. The van der Waals surface area contributed by atoms with Crippen molar-refractivity contribution in [1.82, 2.24) is 0 Å². The quantitative estimate of drug-likeness (QED) is 0.698. The van der Waals surface area contributed by atoms with Crippen LogP contribution >= 0.6 is 0 Å². The fraction of sp³-hybridized carbons (Fsp3) is 0.250. The molecule has 2 aromatic rings. The first-order valence-corrected chi connectivity index (χ1v) is 8.49. The van der Waals surface area contributed by atoms with Gasteiger partial charge in [0.15, 0.2) is 24.8 Å². The molecule has 7 nitrogen and oxygen atoms in total. The van der Waals surface area contributed by atoms with Crippen LogP contribution in [0.5, 0.6) is 5.75 Å². The summed E-state index contributed by atoms with van der Waals surface area (Å²) in [5.41, 5.74) is 0.771. The number of anilines is 1. The predicted molar refractivity (Wildman–Crippen MR) is 98.5 cm³/mol. The van der Waals surface area contributed by atoms with Gasteiger partial charge >= 0.3 is 11.9 Å². The maximum atomic E-state index is 13.4. The molecule has 28 heavy (non-hydrogen) atoms. The summed E-state index contributed by atoms with van der Waals surface area (Å²) in [6, 6.07) is 11.7. The van der Waals surface area contributed by atoms with Crippen molar-refractivity contribution in [3.8, 4) is 5.75 Å². The molecule has 0 aromatic heterocycles. The van der Waals surface area contributed by atoms with Crippen LogP contribution in [0.2, 0.25) is 0 Å². The second kappa shape index (κ2) is 10.1. The normalized spacial score (nSPS) is 10.3. The molecule has 0 atom stereocenters. The van der Waals surface area contributed by atoms with E-state index in [-0.39, 0.29) is 11.9 Å². The summed E-state index contributed by atoms with van der Waals surface area (Å²) in [5, 5.41) is 2.52. The van der Waals surface area contributed by atoms with Crippen LogP contribution in [0.3, 0.4) is 0 Å². The van der Waals surface area contributed by atoms with Gasteiger partial charge in [-0.25, -0.2) is 14.0 Å². The molecule has 1 amide bonds. The number of ether oxygens (including phenoxy) is 3. The van der Waals surface area contributed by atoms with Gasteiger partial charge in [-0.2, -0.15) is 0 Å². The van der Waals surface area contributed by atoms with E-state index >= 15 is 0 Å². The molecule has 2 aromatic carbocycles. The number of rotatable bonds is 8. The van der Waals surface area contributed by atoms with Gasteiger partial charge in [0, 0.05) is 5.69 Å². The van der Waals surface area contributed by atoms with Crippen molar-refractivity contribution in [2.75, 3.05) is 18.5 Å². The molecule has 0 unspecified atom stereocenters. The smallest absolute Gasteiger partial charge is 0.344 e. The van der Waals surface area contributed by atoms with Crippen LogP contribution in [0, 0.1) is 5.82 Å². The number of para-hydroxylation sites is 1. The molecule has 8 heteroatoms. The van der Waals surface area contributed by atoms with E-state index in [1.807, 2.05) is 0 Å². The highest BCUT2D eigenvalue weighted by Crippen LogP contribution is 2.15. The molecule has 0 saturated carbocycles. The zero-order valence-corrected chi connectivity index (χ0v) is 15.4. The molecule has 0 aliphatic heterocycles. The van der Waals surface area contributed by atoms with E-state index in [1.165, 1.54) is 42.5 Å². The SMILES string of the molecule is CC(C)OC(=O)c1ccc(NC(=O)COC(=O)COc2ccccc2F)cc1. The van der Waals surface area contributed by atoms with Gasteiger partial charge in [0.1, 0.15) is 0 Å². The Morgan fingerprint density at radius 2 is 1.68 bits per heavy atom. The summed E-state index contributed by atoms with van der Waals surface area (Å²) < 4.78 is 28.2. The lowest BCUT2D eigenvalue weighted by atomic mass is 10.2. The van der Waals surface area contributed by atoms with E-state index in [0.29, 0.717) is 11.3 Å². The maximum Gasteiger partial charge on any atom is 0.344 e. The summed E-state index contributed by atoms with van der Waals surface area (Å²) >= 11 is 0. The van der Waals surface area contributed by atoms with Crippen LogP contribution < -0.4 is 10.1 Å². The van der Waals surface area contributed by atoms with Crippen molar-refractivity contribution < 1.29 is 33.0 Å². The van der Waals surface area contributed by atoms with Crippen LogP contribution in [0.15, 0.2) is 48.5 Å². The Labute approximate surface area is 161 Å². The molecule has 1 N–H and O–H groups in total. The van der Waals surface area contributed by atoms with Crippen molar-refractivity contribution in [1.29, 1.82) is 0 Å². The summed E-state index contributed by atoms with van der Waals surface area (Å²) in [6.45, 7) is 2.43. The Balaban J connectivity index is 1.75. The lowest BCUT2D eigenvalue weighted by Gasteiger charge is -2.10. The van der Waals surface area contributed by atoms with Crippen molar-refractivity contribution in [2.24, 2.45) is 0 Å². The van der Waals surface area contributed by atoms with Crippen molar-refractivity contribution in [2.45, 2.75) is 20.0 Å². The molecule has 0 spiro atoms. The Kier molecular flexibility index (Phi) is 7.50. The first kappa shape index (κ1) is 20.9. The number of nitrogens with one attached hydrogen (secondary N) is 1. The van der Waals surface area contributed by atoms with Gasteiger partial charge in [0.25, 0.3) is 5.91 Å². The molecular formula is C20H20FNO6. The van der Waals surface area contributed by atoms with Gasteiger partial charge in [-0.05, 0) is 50.2 Å². The number of benzene rings is 2. The number of amides is 1. The largest absolute Gasteiger partial charge is 0.479 e. The third kappa shape index (κ3) is 6.71. The average molecular weight is 389 g/mol. The fourth-order valence-corrected chi connectivity index (χ4v) is 2.06. The van der Waals surface area contributed by atoms with Gasteiger partial charge in [0.05, 0.1) is 11.7 Å². The summed E-state index contributed by atoms with van der Waals surface area (Å²) in [6.07, 6.45) is -0.232. The van der Waals surface area contributed by atoms with Crippen LogP contribution in [0.25, 0.3) is 0 Å².